The standard InChI is InChI=1S/C16H17F3N2O2S2/c1-12-5-6-15(24-12)25(22,23)21-9-7-20(8-10-21)14-4-2-3-13(11-14)16(17,18)19/h2-6,11H,7-10H2,1H3. The van der Waals surface area contributed by atoms with E-state index in [4.69, 9.17) is 0 Å². The number of thiophene rings is 1. The van der Waals surface area contributed by atoms with E-state index >= 15 is 0 Å². The highest BCUT2D eigenvalue weighted by atomic mass is 32.2. The molecule has 1 aromatic heterocycles. The fraction of sp³-hybridized carbons (Fsp3) is 0.375. The number of benzene rings is 1. The van der Waals surface area contributed by atoms with Crippen LogP contribution in [0.15, 0.2) is 40.6 Å². The summed E-state index contributed by atoms with van der Waals surface area (Å²) in [5.41, 5.74) is -0.243. The molecule has 0 bridgehead atoms. The maximum Gasteiger partial charge on any atom is 0.416 e. The van der Waals surface area contributed by atoms with Crippen molar-refractivity contribution in [3.05, 3.63) is 46.8 Å². The molecule has 0 N–H and O–H groups in total. The summed E-state index contributed by atoms with van der Waals surface area (Å²) < 4.78 is 65.4. The van der Waals surface area contributed by atoms with Crippen LogP contribution >= 0.6 is 11.3 Å². The van der Waals surface area contributed by atoms with E-state index in [1.807, 2.05) is 6.92 Å². The number of piperazine rings is 1. The maximum atomic E-state index is 12.8. The molecule has 9 heteroatoms. The highest BCUT2D eigenvalue weighted by Gasteiger charge is 2.32. The van der Waals surface area contributed by atoms with Crippen molar-refractivity contribution in [3.63, 3.8) is 0 Å². The van der Waals surface area contributed by atoms with Gasteiger partial charge in [0.15, 0.2) is 0 Å². The Morgan fingerprint density at radius 2 is 1.72 bits per heavy atom. The average Bonchev–Trinajstić information content (AvgIpc) is 3.02. The zero-order valence-electron chi connectivity index (χ0n) is 13.5. The first kappa shape index (κ1) is 18.2. The number of rotatable bonds is 3. The lowest BCUT2D eigenvalue weighted by Crippen LogP contribution is -2.48. The van der Waals surface area contributed by atoms with Gasteiger partial charge >= 0.3 is 6.18 Å². The molecule has 1 fully saturated rings. The molecule has 0 atom stereocenters. The third-order valence-corrected chi connectivity index (χ3v) is 7.45. The molecule has 0 radical (unpaired) electrons. The van der Waals surface area contributed by atoms with Gasteiger partial charge in [-0.05, 0) is 37.3 Å². The minimum absolute atomic E-state index is 0.246. The van der Waals surface area contributed by atoms with E-state index in [9.17, 15) is 21.6 Å². The smallest absolute Gasteiger partial charge is 0.369 e. The van der Waals surface area contributed by atoms with Crippen molar-refractivity contribution >= 4 is 27.0 Å². The normalized spacial score (nSPS) is 17.0. The Hall–Kier alpha value is -1.58. The minimum Gasteiger partial charge on any atom is -0.369 e. The molecule has 1 aromatic carbocycles. The van der Waals surface area contributed by atoms with Gasteiger partial charge in [-0.25, -0.2) is 8.42 Å². The Morgan fingerprint density at radius 3 is 2.28 bits per heavy atom. The van der Waals surface area contributed by atoms with Gasteiger partial charge in [0.2, 0.25) is 0 Å². The molecule has 3 rings (SSSR count). The topological polar surface area (TPSA) is 40.6 Å². The third-order valence-electron chi connectivity index (χ3n) is 4.09. The SMILES string of the molecule is Cc1ccc(S(=O)(=O)N2CCN(c3cccc(C(F)(F)F)c3)CC2)s1. The Labute approximate surface area is 148 Å². The molecule has 1 saturated heterocycles. The van der Waals surface area contributed by atoms with Crippen LogP contribution in [0.25, 0.3) is 0 Å². The summed E-state index contributed by atoms with van der Waals surface area (Å²) >= 11 is 1.22. The molecule has 25 heavy (non-hydrogen) atoms. The van der Waals surface area contributed by atoms with E-state index in [1.54, 1.807) is 23.1 Å². The van der Waals surface area contributed by atoms with Gasteiger partial charge in [-0.1, -0.05) is 6.07 Å². The Kier molecular flexibility index (Phi) is 4.82. The molecular weight excluding hydrogens is 373 g/mol. The van der Waals surface area contributed by atoms with Crippen molar-refractivity contribution in [1.82, 2.24) is 4.31 Å². The molecule has 0 unspecified atom stereocenters. The fourth-order valence-corrected chi connectivity index (χ4v) is 5.60. The first-order valence-electron chi connectivity index (χ1n) is 7.67. The monoisotopic (exact) mass is 390 g/mol. The zero-order chi connectivity index (χ0) is 18.2. The second-order valence-corrected chi connectivity index (χ2v) is 9.26. The van der Waals surface area contributed by atoms with Crippen LogP contribution in [-0.4, -0.2) is 38.9 Å². The van der Waals surface area contributed by atoms with Crippen LogP contribution in [0.4, 0.5) is 18.9 Å². The van der Waals surface area contributed by atoms with Gasteiger partial charge in [-0.15, -0.1) is 11.3 Å². The van der Waals surface area contributed by atoms with E-state index in [0.29, 0.717) is 23.0 Å². The van der Waals surface area contributed by atoms with Gasteiger partial charge in [0.1, 0.15) is 4.21 Å². The summed E-state index contributed by atoms with van der Waals surface area (Å²) in [4.78, 5) is 2.70. The molecule has 2 aromatic rings. The number of aryl methyl sites for hydroxylation is 1. The quantitative estimate of drug-likeness (QED) is 0.804. The molecule has 4 nitrogen and oxygen atoms in total. The lowest BCUT2D eigenvalue weighted by molar-refractivity contribution is -0.137. The molecule has 136 valence electrons. The fourth-order valence-electron chi connectivity index (χ4n) is 2.74. The third kappa shape index (κ3) is 3.83. The average molecular weight is 390 g/mol. The Balaban J connectivity index is 1.72. The van der Waals surface area contributed by atoms with Gasteiger partial charge in [-0.2, -0.15) is 17.5 Å². The largest absolute Gasteiger partial charge is 0.416 e. The van der Waals surface area contributed by atoms with Gasteiger partial charge in [0.05, 0.1) is 5.56 Å². The summed E-state index contributed by atoms with van der Waals surface area (Å²) in [6.45, 7) is 3.04. The molecular formula is C16H17F3N2O2S2. The number of hydrogen-bond acceptors (Lipinski definition) is 4. The van der Waals surface area contributed by atoms with E-state index in [-0.39, 0.29) is 13.1 Å². The highest BCUT2D eigenvalue weighted by molar-refractivity contribution is 7.91. The number of hydrogen-bond donors (Lipinski definition) is 0. The van der Waals surface area contributed by atoms with E-state index in [2.05, 4.69) is 0 Å². The number of anilines is 1. The zero-order valence-corrected chi connectivity index (χ0v) is 15.1. The molecule has 0 aliphatic carbocycles. The highest BCUT2D eigenvalue weighted by Crippen LogP contribution is 2.32. The van der Waals surface area contributed by atoms with Crippen LogP contribution in [0.5, 0.6) is 0 Å². The van der Waals surface area contributed by atoms with Crippen molar-refractivity contribution in [2.24, 2.45) is 0 Å². The van der Waals surface area contributed by atoms with Crippen molar-refractivity contribution in [2.45, 2.75) is 17.3 Å². The first-order valence-corrected chi connectivity index (χ1v) is 9.92. The Morgan fingerprint density at radius 1 is 1.04 bits per heavy atom. The molecule has 1 aliphatic rings. The second kappa shape index (κ2) is 6.62. The van der Waals surface area contributed by atoms with Crippen molar-refractivity contribution in [3.8, 4) is 0 Å². The number of nitrogens with zero attached hydrogens (tertiary/aromatic N) is 2. The lowest BCUT2D eigenvalue weighted by atomic mass is 10.1. The predicted octanol–water partition coefficient (Wildman–Crippen LogP) is 3.59. The number of halogens is 3. The van der Waals surface area contributed by atoms with Gasteiger partial charge < -0.3 is 4.90 Å². The van der Waals surface area contributed by atoms with Crippen LogP contribution < -0.4 is 4.90 Å². The van der Waals surface area contributed by atoms with Crippen molar-refractivity contribution in [2.75, 3.05) is 31.1 Å². The second-order valence-electron chi connectivity index (χ2n) is 5.80. The maximum absolute atomic E-state index is 12.8. The van der Waals surface area contributed by atoms with E-state index < -0.39 is 21.8 Å². The van der Waals surface area contributed by atoms with E-state index in [0.717, 1.165) is 17.0 Å². The minimum atomic E-state index is -4.39. The molecule has 0 spiro atoms. The first-order chi connectivity index (χ1) is 11.7. The van der Waals surface area contributed by atoms with E-state index in [1.165, 1.54) is 21.7 Å². The molecule has 2 heterocycles. The lowest BCUT2D eigenvalue weighted by Gasteiger charge is -2.35. The summed E-state index contributed by atoms with van der Waals surface area (Å²) in [6.07, 6.45) is -4.39. The van der Waals surface area contributed by atoms with Crippen LogP contribution in [0.2, 0.25) is 0 Å². The summed E-state index contributed by atoms with van der Waals surface area (Å²) in [5, 5.41) is 0. The molecule has 1 aliphatic heterocycles. The van der Waals surface area contributed by atoms with Crippen molar-refractivity contribution in [1.29, 1.82) is 0 Å². The van der Waals surface area contributed by atoms with Gasteiger partial charge in [0.25, 0.3) is 10.0 Å². The van der Waals surface area contributed by atoms with Crippen LogP contribution in [-0.2, 0) is 16.2 Å². The van der Waals surface area contributed by atoms with Crippen molar-refractivity contribution < 1.29 is 21.6 Å². The predicted molar refractivity (Wildman–Crippen MR) is 91.5 cm³/mol. The summed E-state index contributed by atoms with van der Waals surface area (Å²) in [5.74, 6) is 0. The van der Waals surface area contributed by atoms with Gasteiger partial charge in [0, 0.05) is 36.7 Å². The van der Waals surface area contributed by atoms with Crippen LogP contribution in [0, 0.1) is 6.92 Å². The number of sulfonamides is 1. The summed E-state index contributed by atoms with van der Waals surface area (Å²) in [6, 6.07) is 8.47. The van der Waals surface area contributed by atoms with Crippen LogP contribution in [0.3, 0.4) is 0 Å². The van der Waals surface area contributed by atoms with Crippen LogP contribution in [0.1, 0.15) is 10.4 Å². The van der Waals surface area contributed by atoms with Gasteiger partial charge in [-0.3, -0.25) is 0 Å². The summed E-state index contributed by atoms with van der Waals surface area (Å²) in [7, 11) is -3.53. The Bertz CT molecular complexity index is 854. The molecule has 0 saturated carbocycles. The molecule has 0 amide bonds. The number of alkyl halides is 3.